The van der Waals surface area contributed by atoms with E-state index < -0.39 is 0 Å². The summed E-state index contributed by atoms with van der Waals surface area (Å²) in [6.45, 7) is 2.13. The predicted octanol–water partition coefficient (Wildman–Crippen LogP) is 4.12. The molecule has 0 aliphatic carbocycles. The van der Waals surface area contributed by atoms with Gasteiger partial charge in [0.05, 0.1) is 6.26 Å². The highest BCUT2D eigenvalue weighted by Crippen LogP contribution is 2.23. The van der Waals surface area contributed by atoms with Crippen molar-refractivity contribution in [3.05, 3.63) is 66.1 Å². The average molecular weight is 198 g/mol. The van der Waals surface area contributed by atoms with Crippen molar-refractivity contribution >= 4 is 5.57 Å². The maximum atomic E-state index is 5.43. The molecule has 0 spiro atoms. The molecule has 0 radical (unpaired) electrons. The Morgan fingerprint density at radius 3 is 2.53 bits per heavy atom. The van der Waals surface area contributed by atoms with Crippen LogP contribution in [0.2, 0.25) is 0 Å². The fourth-order valence-electron chi connectivity index (χ4n) is 1.61. The van der Waals surface area contributed by atoms with E-state index >= 15 is 0 Å². The zero-order chi connectivity index (χ0) is 10.5. The van der Waals surface area contributed by atoms with Crippen molar-refractivity contribution in [2.45, 2.75) is 13.3 Å². The molecule has 0 fully saturated rings. The Balaban J connectivity index is 2.42. The van der Waals surface area contributed by atoms with E-state index in [0.29, 0.717) is 0 Å². The van der Waals surface area contributed by atoms with Gasteiger partial charge < -0.3 is 4.42 Å². The molecule has 0 N–H and O–H groups in total. The smallest absolute Gasteiger partial charge is 0.134 e. The second-order valence-corrected chi connectivity index (χ2v) is 3.37. The summed E-state index contributed by atoms with van der Waals surface area (Å²) in [7, 11) is 0. The summed E-state index contributed by atoms with van der Waals surface area (Å²) in [6, 6.07) is 14.2. The van der Waals surface area contributed by atoms with Gasteiger partial charge in [-0.15, -0.1) is 0 Å². The Morgan fingerprint density at radius 1 is 1.13 bits per heavy atom. The summed E-state index contributed by atoms with van der Waals surface area (Å²) in [6.07, 6.45) is 4.90. The molecule has 0 aliphatic heterocycles. The topological polar surface area (TPSA) is 13.1 Å². The van der Waals surface area contributed by atoms with E-state index in [2.05, 4.69) is 25.1 Å². The minimum Gasteiger partial charge on any atom is -0.464 e. The number of rotatable bonds is 3. The first kappa shape index (κ1) is 9.78. The molecule has 0 bridgehead atoms. The van der Waals surface area contributed by atoms with Gasteiger partial charge in [-0.3, -0.25) is 0 Å². The summed E-state index contributed by atoms with van der Waals surface area (Å²) < 4.78 is 5.43. The zero-order valence-electron chi connectivity index (χ0n) is 8.81. The maximum absolute atomic E-state index is 5.43. The summed E-state index contributed by atoms with van der Waals surface area (Å²) >= 11 is 0. The lowest BCUT2D eigenvalue weighted by molar-refractivity contribution is 0.553. The molecular formula is C14H14O. The van der Waals surface area contributed by atoms with Crippen molar-refractivity contribution < 1.29 is 4.42 Å². The van der Waals surface area contributed by atoms with Gasteiger partial charge in [-0.05, 0) is 24.1 Å². The molecule has 1 nitrogen and oxygen atoms in total. The maximum Gasteiger partial charge on any atom is 0.134 e. The molecule has 15 heavy (non-hydrogen) atoms. The Morgan fingerprint density at radius 2 is 1.93 bits per heavy atom. The number of benzene rings is 1. The number of hydrogen-bond acceptors (Lipinski definition) is 1. The fourth-order valence-corrected chi connectivity index (χ4v) is 1.61. The third-order valence-electron chi connectivity index (χ3n) is 2.28. The number of hydrogen-bond donors (Lipinski definition) is 0. The van der Waals surface area contributed by atoms with Gasteiger partial charge in [0.25, 0.3) is 0 Å². The Bertz CT molecular complexity index is 424. The van der Waals surface area contributed by atoms with E-state index in [4.69, 9.17) is 4.42 Å². The Hall–Kier alpha value is -1.76. The molecule has 1 aromatic carbocycles. The first-order valence-electron chi connectivity index (χ1n) is 5.21. The molecular weight excluding hydrogens is 184 g/mol. The minimum atomic E-state index is 0.933. The molecule has 1 aromatic heterocycles. The van der Waals surface area contributed by atoms with E-state index in [1.807, 2.05) is 30.3 Å². The summed E-state index contributed by atoms with van der Waals surface area (Å²) in [4.78, 5) is 0. The van der Waals surface area contributed by atoms with E-state index in [9.17, 15) is 0 Å². The zero-order valence-corrected chi connectivity index (χ0v) is 8.81. The molecule has 0 aliphatic rings. The van der Waals surface area contributed by atoms with Crippen molar-refractivity contribution in [3.63, 3.8) is 0 Å². The van der Waals surface area contributed by atoms with Crippen LogP contribution in [0.15, 0.2) is 59.2 Å². The van der Waals surface area contributed by atoms with E-state index in [0.717, 1.165) is 12.2 Å². The standard InChI is InChI=1S/C14H14O/c1-2-7-13(14-10-6-11-15-14)12-8-4-3-5-9-12/h3-11H,2H2,1H3/b13-7+. The van der Waals surface area contributed by atoms with Crippen LogP contribution in [0.1, 0.15) is 24.7 Å². The minimum absolute atomic E-state index is 0.933. The molecule has 0 amide bonds. The lowest BCUT2D eigenvalue weighted by Crippen LogP contribution is -1.84. The first-order valence-corrected chi connectivity index (χ1v) is 5.21. The lowest BCUT2D eigenvalue weighted by atomic mass is 10.0. The van der Waals surface area contributed by atoms with Crippen molar-refractivity contribution in [1.82, 2.24) is 0 Å². The normalized spacial score (nSPS) is 11.7. The largest absolute Gasteiger partial charge is 0.464 e. The predicted molar refractivity (Wildman–Crippen MR) is 62.5 cm³/mol. The van der Waals surface area contributed by atoms with Gasteiger partial charge in [0.2, 0.25) is 0 Å². The van der Waals surface area contributed by atoms with Crippen molar-refractivity contribution in [2.75, 3.05) is 0 Å². The molecule has 76 valence electrons. The summed E-state index contributed by atoms with van der Waals surface area (Å²) in [5, 5.41) is 0. The van der Waals surface area contributed by atoms with Gasteiger partial charge in [-0.25, -0.2) is 0 Å². The third kappa shape index (κ3) is 2.18. The molecule has 1 heteroatoms. The Labute approximate surface area is 90.1 Å². The van der Waals surface area contributed by atoms with Gasteiger partial charge in [-0.2, -0.15) is 0 Å². The quantitative estimate of drug-likeness (QED) is 0.723. The van der Waals surface area contributed by atoms with Crippen LogP contribution in [0, 0.1) is 0 Å². The van der Waals surface area contributed by atoms with Crippen LogP contribution >= 0.6 is 0 Å². The molecule has 0 saturated heterocycles. The van der Waals surface area contributed by atoms with Crippen molar-refractivity contribution in [1.29, 1.82) is 0 Å². The molecule has 2 aromatic rings. The van der Waals surface area contributed by atoms with Gasteiger partial charge >= 0.3 is 0 Å². The van der Waals surface area contributed by atoms with Crippen LogP contribution in [0.3, 0.4) is 0 Å². The van der Waals surface area contributed by atoms with E-state index in [1.54, 1.807) is 6.26 Å². The highest BCUT2D eigenvalue weighted by Gasteiger charge is 2.05. The molecule has 0 saturated carbocycles. The van der Waals surface area contributed by atoms with Crippen LogP contribution in [0.4, 0.5) is 0 Å². The van der Waals surface area contributed by atoms with E-state index in [-0.39, 0.29) is 0 Å². The van der Waals surface area contributed by atoms with Crippen LogP contribution in [0.5, 0.6) is 0 Å². The van der Waals surface area contributed by atoms with Crippen LogP contribution in [0.25, 0.3) is 5.57 Å². The highest BCUT2D eigenvalue weighted by atomic mass is 16.3. The average Bonchev–Trinajstić information content (AvgIpc) is 2.80. The highest BCUT2D eigenvalue weighted by molar-refractivity contribution is 5.76. The second-order valence-electron chi connectivity index (χ2n) is 3.37. The van der Waals surface area contributed by atoms with Gasteiger partial charge in [0.1, 0.15) is 5.76 Å². The van der Waals surface area contributed by atoms with Crippen LogP contribution in [-0.2, 0) is 0 Å². The number of furan rings is 1. The fraction of sp³-hybridized carbons (Fsp3) is 0.143. The van der Waals surface area contributed by atoms with Crippen LogP contribution < -0.4 is 0 Å². The summed E-state index contributed by atoms with van der Waals surface area (Å²) in [5.41, 5.74) is 2.37. The molecule has 0 unspecified atom stereocenters. The van der Waals surface area contributed by atoms with Gasteiger partial charge in [0, 0.05) is 5.57 Å². The molecule has 2 rings (SSSR count). The molecule has 0 atom stereocenters. The van der Waals surface area contributed by atoms with Gasteiger partial charge in [-0.1, -0.05) is 43.3 Å². The summed E-state index contributed by atoms with van der Waals surface area (Å²) in [5.74, 6) is 0.933. The SMILES string of the molecule is CC/C=C(\c1ccccc1)c1ccco1. The first-order chi connectivity index (χ1) is 7.42. The Kier molecular flexibility index (Phi) is 3.03. The number of allylic oxidation sites excluding steroid dienone is 1. The van der Waals surface area contributed by atoms with Crippen LogP contribution in [-0.4, -0.2) is 0 Å². The monoisotopic (exact) mass is 198 g/mol. The molecule has 1 heterocycles. The van der Waals surface area contributed by atoms with Gasteiger partial charge in [0.15, 0.2) is 0 Å². The third-order valence-corrected chi connectivity index (χ3v) is 2.28. The lowest BCUT2D eigenvalue weighted by Gasteiger charge is -2.03. The van der Waals surface area contributed by atoms with Crippen molar-refractivity contribution in [2.24, 2.45) is 0 Å². The van der Waals surface area contributed by atoms with Crippen molar-refractivity contribution in [3.8, 4) is 0 Å². The second kappa shape index (κ2) is 4.65. The van der Waals surface area contributed by atoms with E-state index in [1.165, 1.54) is 11.1 Å².